The van der Waals surface area contributed by atoms with Gasteiger partial charge in [0.25, 0.3) is 0 Å². The largest absolute Gasteiger partial charge is 0.351 e. The third-order valence-corrected chi connectivity index (χ3v) is 4.68. The van der Waals surface area contributed by atoms with E-state index < -0.39 is 0 Å². The van der Waals surface area contributed by atoms with Gasteiger partial charge in [-0.3, -0.25) is 9.48 Å². The number of hydrogen-bond acceptors (Lipinski definition) is 4. The van der Waals surface area contributed by atoms with Gasteiger partial charge in [0.05, 0.1) is 11.2 Å². The molecule has 1 aromatic rings. The molecule has 1 atom stereocenters. The molecule has 1 N–H and O–H groups in total. The number of rotatable bonds is 6. The van der Waals surface area contributed by atoms with Crippen LogP contribution in [0.2, 0.25) is 5.02 Å². The molecule has 1 aliphatic heterocycles. The Balaban J connectivity index is 1.76. The summed E-state index contributed by atoms with van der Waals surface area (Å²) in [5, 5.41) is 7.77. The molecule has 0 spiro atoms. The fourth-order valence-corrected chi connectivity index (χ4v) is 3.07. The van der Waals surface area contributed by atoms with Crippen LogP contribution in [0, 0.1) is 0 Å². The van der Waals surface area contributed by atoms with Gasteiger partial charge in [0.15, 0.2) is 0 Å². The Morgan fingerprint density at radius 1 is 1.57 bits per heavy atom. The van der Waals surface area contributed by atoms with E-state index in [2.05, 4.69) is 21.6 Å². The first-order chi connectivity index (χ1) is 10.1. The minimum Gasteiger partial charge on any atom is -0.351 e. The first-order valence-electron chi connectivity index (χ1n) is 7.31. The maximum absolute atomic E-state index is 12.2. The second kappa shape index (κ2) is 8.06. The van der Waals surface area contributed by atoms with Crippen molar-refractivity contribution in [2.75, 3.05) is 31.6 Å². The van der Waals surface area contributed by atoms with Crippen LogP contribution in [0.15, 0.2) is 12.4 Å². The number of piperidine rings is 1. The minimum absolute atomic E-state index is 0.0114. The van der Waals surface area contributed by atoms with E-state index >= 15 is 0 Å². The van der Waals surface area contributed by atoms with E-state index in [9.17, 15) is 4.79 Å². The highest BCUT2D eigenvalue weighted by molar-refractivity contribution is 7.98. The number of nitrogens with zero attached hydrogens (tertiary/aromatic N) is 3. The van der Waals surface area contributed by atoms with Crippen LogP contribution >= 0.6 is 23.4 Å². The lowest BCUT2D eigenvalue weighted by molar-refractivity contribution is -0.125. The van der Waals surface area contributed by atoms with Crippen molar-refractivity contribution in [1.29, 1.82) is 0 Å². The molecule has 118 valence electrons. The molecule has 1 aliphatic rings. The zero-order valence-electron chi connectivity index (χ0n) is 12.6. The topological polar surface area (TPSA) is 50.2 Å². The zero-order chi connectivity index (χ0) is 15.2. The van der Waals surface area contributed by atoms with Gasteiger partial charge in [-0.05, 0) is 26.0 Å². The molecular formula is C14H23ClN4OS. The molecular weight excluding hydrogens is 308 g/mol. The van der Waals surface area contributed by atoms with Gasteiger partial charge in [-0.15, -0.1) is 0 Å². The number of hydrogen-bond donors (Lipinski definition) is 1. The van der Waals surface area contributed by atoms with Crippen LogP contribution in [-0.2, 0) is 4.79 Å². The van der Waals surface area contributed by atoms with Gasteiger partial charge in [-0.2, -0.15) is 16.9 Å². The molecule has 0 radical (unpaired) electrons. The lowest BCUT2D eigenvalue weighted by Gasteiger charge is -2.32. The van der Waals surface area contributed by atoms with E-state index in [0.717, 1.165) is 32.5 Å². The van der Waals surface area contributed by atoms with E-state index in [-0.39, 0.29) is 18.0 Å². The molecule has 7 heteroatoms. The van der Waals surface area contributed by atoms with Gasteiger partial charge in [0.1, 0.15) is 6.04 Å². The van der Waals surface area contributed by atoms with Crippen LogP contribution in [0.4, 0.5) is 0 Å². The Kier molecular flexibility index (Phi) is 6.39. The molecule has 1 amide bonds. The van der Waals surface area contributed by atoms with Crippen molar-refractivity contribution in [3.05, 3.63) is 17.4 Å². The zero-order valence-corrected chi connectivity index (χ0v) is 14.2. The number of carbonyl (C=O) groups is 1. The van der Waals surface area contributed by atoms with Crippen molar-refractivity contribution in [1.82, 2.24) is 20.0 Å². The summed E-state index contributed by atoms with van der Waals surface area (Å²) < 4.78 is 1.60. The minimum atomic E-state index is -0.327. The molecule has 0 bridgehead atoms. The summed E-state index contributed by atoms with van der Waals surface area (Å²) in [5.41, 5.74) is 0. The smallest absolute Gasteiger partial charge is 0.244 e. The summed E-state index contributed by atoms with van der Waals surface area (Å²) in [6.45, 7) is 5.11. The van der Waals surface area contributed by atoms with Crippen LogP contribution in [0.1, 0.15) is 25.8 Å². The van der Waals surface area contributed by atoms with Gasteiger partial charge in [0.2, 0.25) is 5.91 Å². The molecule has 2 heterocycles. The fourth-order valence-electron chi connectivity index (χ4n) is 2.49. The Morgan fingerprint density at radius 3 is 2.86 bits per heavy atom. The summed E-state index contributed by atoms with van der Waals surface area (Å²) in [6, 6.07) is -0.0523. The number of amides is 1. The average molecular weight is 331 g/mol. The predicted octanol–water partition coefficient (Wildman–Crippen LogP) is 2.04. The number of thioether (sulfide) groups is 1. The number of halogens is 1. The highest BCUT2D eigenvalue weighted by Crippen LogP contribution is 2.14. The number of aromatic nitrogens is 2. The average Bonchev–Trinajstić information content (AvgIpc) is 2.92. The molecule has 21 heavy (non-hydrogen) atoms. The molecule has 2 rings (SSSR count). The Hall–Kier alpha value is -0.720. The van der Waals surface area contributed by atoms with E-state index in [1.165, 1.54) is 5.75 Å². The molecule has 5 nitrogen and oxygen atoms in total. The molecule has 1 fully saturated rings. The van der Waals surface area contributed by atoms with Crippen LogP contribution in [0.3, 0.4) is 0 Å². The van der Waals surface area contributed by atoms with E-state index in [0.29, 0.717) is 5.02 Å². The molecule has 0 saturated carbocycles. The monoisotopic (exact) mass is 330 g/mol. The molecule has 1 saturated heterocycles. The first kappa shape index (κ1) is 16.6. The van der Waals surface area contributed by atoms with Crippen molar-refractivity contribution in [3.63, 3.8) is 0 Å². The standard InChI is InChI=1S/C14H23ClN4OS/c1-11(19-10-12(15)9-16-19)14(20)17-13-3-5-18(6-4-13)7-8-21-2/h9-11,13H,3-8H2,1-2H3,(H,17,20). The van der Waals surface area contributed by atoms with Crippen molar-refractivity contribution >= 4 is 29.3 Å². The van der Waals surface area contributed by atoms with Gasteiger partial charge in [0, 0.05) is 37.6 Å². The summed E-state index contributed by atoms with van der Waals surface area (Å²) >= 11 is 7.71. The Morgan fingerprint density at radius 2 is 2.29 bits per heavy atom. The van der Waals surface area contributed by atoms with Crippen molar-refractivity contribution in [3.8, 4) is 0 Å². The Labute approximate surface area is 135 Å². The number of carbonyl (C=O) groups excluding carboxylic acids is 1. The van der Waals surface area contributed by atoms with E-state index in [1.807, 2.05) is 18.7 Å². The molecule has 0 aromatic carbocycles. The lowest BCUT2D eigenvalue weighted by Crippen LogP contribution is -2.46. The molecule has 1 unspecified atom stereocenters. The van der Waals surface area contributed by atoms with Crippen LogP contribution < -0.4 is 5.32 Å². The summed E-state index contributed by atoms with van der Waals surface area (Å²) in [4.78, 5) is 14.7. The third kappa shape index (κ3) is 4.90. The first-order valence-corrected chi connectivity index (χ1v) is 9.08. The van der Waals surface area contributed by atoms with Crippen LogP contribution in [0.25, 0.3) is 0 Å². The predicted molar refractivity (Wildman–Crippen MR) is 87.9 cm³/mol. The van der Waals surface area contributed by atoms with Gasteiger partial charge >= 0.3 is 0 Å². The SMILES string of the molecule is CSCCN1CCC(NC(=O)C(C)n2cc(Cl)cn2)CC1. The summed E-state index contributed by atoms with van der Waals surface area (Å²) in [6.07, 6.45) is 7.40. The maximum Gasteiger partial charge on any atom is 0.244 e. The van der Waals surface area contributed by atoms with Crippen LogP contribution in [0.5, 0.6) is 0 Å². The van der Waals surface area contributed by atoms with E-state index in [4.69, 9.17) is 11.6 Å². The quantitative estimate of drug-likeness (QED) is 0.867. The lowest BCUT2D eigenvalue weighted by atomic mass is 10.0. The molecule has 0 aliphatic carbocycles. The third-order valence-electron chi connectivity index (χ3n) is 3.89. The second-order valence-electron chi connectivity index (χ2n) is 5.43. The molecule has 1 aromatic heterocycles. The summed E-state index contributed by atoms with van der Waals surface area (Å²) in [5.74, 6) is 1.19. The maximum atomic E-state index is 12.2. The van der Waals surface area contributed by atoms with Gasteiger partial charge < -0.3 is 10.2 Å². The summed E-state index contributed by atoms with van der Waals surface area (Å²) in [7, 11) is 0. The van der Waals surface area contributed by atoms with Crippen molar-refractivity contribution in [2.45, 2.75) is 31.8 Å². The highest BCUT2D eigenvalue weighted by Gasteiger charge is 2.23. The van der Waals surface area contributed by atoms with Gasteiger partial charge in [-0.1, -0.05) is 11.6 Å². The number of likely N-dealkylation sites (tertiary alicyclic amines) is 1. The second-order valence-corrected chi connectivity index (χ2v) is 6.85. The number of nitrogens with one attached hydrogen (secondary N) is 1. The highest BCUT2D eigenvalue weighted by atomic mass is 35.5. The van der Waals surface area contributed by atoms with E-state index in [1.54, 1.807) is 17.1 Å². The van der Waals surface area contributed by atoms with Gasteiger partial charge in [-0.25, -0.2) is 0 Å². The van der Waals surface area contributed by atoms with Crippen molar-refractivity contribution in [2.24, 2.45) is 0 Å². The normalized spacial score (nSPS) is 18.6. The fraction of sp³-hybridized carbons (Fsp3) is 0.714. The van der Waals surface area contributed by atoms with Crippen LogP contribution in [-0.4, -0.2) is 58.3 Å². The Bertz CT molecular complexity index is 460. The van der Waals surface area contributed by atoms with Crippen molar-refractivity contribution < 1.29 is 4.79 Å².